The molecule has 0 atom stereocenters. The van der Waals surface area contributed by atoms with Gasteiger partial charge >= 0.3 is 0 Å². The number of hydrazone groups is 1. The van der Waals surface area contributed by atoms with Gasteiger partial charge in [-0.25, -0.2) is 5.43 Å². The van der Waals surface area contributed by atoms with Gasteiger partial charge in [-0.3, -0.25) is 4.79 Å². The fourth-order valence-corrected chi connectivity index (χ4v) is 2.85. The van der Waals surface area contributed by atoms with Crippen molar-refractivity contribution in [2.75, 3.05) is 6.61 Å². The molecule has 3 rings (SSSR count). The molecule has 4 heteroatoms. The van der Waals surface area contributed by atoms with Gasteiger partial charge in [-0.15, -0.1) is 0 Å². The van der Waals surface area contributed by atoms with Crippen LogP contribution in [0.1, 0.15) is 30.9 Å². The molecular formula is C23H24N2O2. The molecule has 3 aromatic rings. The lowest BCUT2D eigenvalue weighted by Gasteiger charge is -2.06. The number of fused-ring (bicyclic) bond motifs is 1. The molecule has 0 aromatic heterocycles. The standard InChI is InChI=1S/C23H24N2O2/c1-2-3-7-18-12-14-21(15-13-18)27-17-23(26)25-24-16-20-10-6-9-19-8-4-5-11-22(19)20/h4-6,8-16H,2-3,7,17H2,1H3,(H,25,26). The average molecular weight is 360 g/mol. The molecule has 0 saturated carbocycles. The van der Waals surface area contributed by atoms with Crippen molar-refractivity contribution in [3.05, 3.63) is 77.9 Å². The number of unbranched alkanes of at least 4 members (excludes halogenated alkanes) is 1. The number of amides is 1. The predicted molar refractivity (Wildman–Crippen MR) is 110 cm³/mol. The maximum Gasteiger partial charge on any atom is 0.277 e. The number of benzene rings is 3. The van der Waals surface area contributed by atoms with E-state index in [9.17, 15) is 4.79 Å². The maximum absolute atomic E-state index is 11.9. The Morgan fingerprint density at radius 2 is 1.81 bits per heavy atom. The lowest BCUT2D eigenvalue weighted by molar-refractivity contribution is -0.123. The fourth-order valence-electron chi connectivity index (χ4n) is 2.85. The quantitative estimate of drug-likeness (QED) is 0.467. The van der Waals surface area contributed by atoms with E-state index in [0.717, 1.165) is 22.8 Å². The zero-order valence-electron chi connectivity index (χ0n) is 15.5. The van der Waals surface area contributed by atoms with E-state index in [1.807, 2.05) is 66.7 Å². The van der Waals surface area contributed by atoms with Crippen LogP contribution in [-0.2, 0) is 11.2 Å². The molecular weight excluding hydrogens is 336 g/mol. The van der Waals surface area contributed by atoms with Crippen LogP contribution in [0.4, 0.5) is 0 Å². The molecule has 3 aromatic carbocycles. The van der Waals surface area contributed by atoms with E-state index in [1.165, 1.54) is 18.4 Å². The Morgan fingerprint density at radius 3 is 2.63 bits per heavy atom. The van der Waals surface area contributed by atoms with Crippen molar-refractivity contribution in [2.24, 2.45) is 5.10 Å². The number of carbonyl (C=O) groups excluding carboxylic acids is 1. The molecule has 0 aliphatic carbocycles. The first-order valence-electron chi connectivity index (χ1n) is 9.27. The van der Waals surface area contributed by atoms with Crippen molar-refractivity contribution in [1.82, 2.24) is 5.43 Å². The summed E-state index contributed by atoms with van der Waals surface area (Å²) in [6.45, 7) is 2.11. The van der Waals surface area contributed by atoms with Gasteiger partial charge in [0.1, 0.15) is 5.75 Å². The summed E-state index contributed by atoms with van der Waals surface area (Å²) in [5, 5.41) is 6.28. The number of hydrogen-bond acceptors (Lipinski definition) is 3. The van der Waals surface area contributed by atoms with Crippen LogP contribution < -0.4 is 10.2 Å². The Hall–Kier alpha value is -3.14. The molecule has 0 fully saturated rings. The molecule has 0 saturated heterocycles. The molecule has 1 N–H and O–H groups in total. The Balaban J connectivity index is 1.50. The molecule has 0 aliphatic heterocycles. The first-order chi connectivity index (χ1) is 13.3. The Morgan fingerprint density at radius 1 is 1.04 bits per heavy atom. The average Bonchev–Trinajstić information content (AvgIpc) is 2.71. The molecule has 138 valence electrons. The molecule has 0 heterocycles. The van der Waals surface area contributed by atoms with Gasteiger partial charge in [0.2, 0.25) is 0 Å². The van der Waals surface area contributed by atoms with Gasteiger partial charge in [0.05, 0.1) is 6.21 Å². The van der Waals surface area contributed by atoms with Gasteiger partial charge in [-0.1, -0.05) is 67.9 Å². The Bertz CT molecular complexity index is 912. The van der Waals surface area contributed by atoms with E-state index < -0.39 is 0 Å². The predicted octanol–water partition coefficient (Wildman–Crippen LogP) is 4.71. The molecule has 27 heavy (non-hydrogen) atoms. The van der Waals surface area contributed by atoms with E-state index in [-0.39, 0.29) is 12.5 Å². The summed E-state index contributed by atoms with van der Waals surface area (Å²) in [6.07, 6.45) is 5.08. The van der Waals surface area contributed by atoms with Crippen molar-refractivity contribution < 1.29 is 9.53 Å². The first kappa shape index (κ1) is 18.6. The number of aryl methyl sites for hydroxylation is 1. The summed E-state index contributed by atoms with van der Waals surface area (Å²) in [5.41, 5.74) is 4.75. The molecule has 0 bridgehead atoms. The van der Waals surface area contributed by atoms with Gasteiger partial charge in [0, 0.05) is 5.56 Å². The minimum Gasteiger partial charge on any atom is -0.484 e. The monoisotopic (exact) mass is 360 g/mol. The van der Waals surface area contributed by atoms with Crippen LogP contribution in [0.25, 0.3) is 10.8 Å². The fraction of sp³-hybridized carbons (Fsp3) is 0.217. The number of nitrogens with zero attached hydrogens (tertiary/aromatic N) is 1. The molecule has 0 spiro atoms. The number of carbonyl (C=O) groups is 1. The third kappa shape index (κ3) is 5.42. The largest absolute Gasteiger partial charge is 0.484 e. The highest BCUT2D eigenvalue weighted by molar-refractivity contribution is 5.99. The SMILES string of the molecule is CCCCc1ccc(OCC(=O)NN=Cc2cccc3ccccc23)cc1. The van der Waals surface area contributed by atoms with Crippen LogP contribution in [0.5, 0.6) is 5.75 Å². The van der Waals surface area contributed by atoms with Gasteiger partial charge in [0.15, 0.2) is 6.61 Å². The Kier molecular flexibility index (Phi) is 6.58. The number of hydrogen-bond donors (Lipinski definition) is 1. The van der Waals surface area contributed by atoms with E-state index in [1.54, 1.807) is 6.21 Å². The second kappa shape index (κ2) is 9.53. The zero-order valence-corrected chi connectivity index (χ0v) is 15.5. The van der Waals surface area contributed by atoms with Gasteiger partial charge in [0.25, 0.3) is 5.91 Å². The van der Waals surface area contributed by atoms with Crippen LogP contribution in [0, 0.1) is 0 Å². The minimum atomic E-state index is -0.290. The third-order valence-corrected chi connectivity index (χ3v) is 4.33. The maximum atomic E-state index is 11.9. The minimum absolute atomic E-state index is 0.0683. The highest BCUT2D eigenvalue weighted by Gasteiger charge is 2.02. The van der Waals surface area contributed by atoms with Crippen LogP contribution in [0.2, 0.25) is 0 Å². The van der Waals surface area contributed by atoms with E-state index in [2.05, 4.69) is 17.5 Å². The summed E-state index contributed by atoms with van der Waals surface area (Å²) < 4.78 is 5.51. The van der Waals surface area contributed by atoms with Crippen molar-refractivity contribution in [3.8, 4) is 5.75 Å². The lowest BCUT2D eigenvalue weighted by Crippen LogP contribution is -2.24. The van der Waals surface area contributed by atoms with Crippen molar-refractivity contribution in [2.45, 2.75) is 26.2 Å². The van der Waals surface area contributed by atoms with Crippen LogP contribution in [-0.4, -0.2) is 18.7 Å². The summed E-state index contributed by atoms with van der Waals surface area (Å²) in [7, 11) is 0. The lowest BCUT2D eigenvalue weighted by atomic mass is 10.1. The summed E-state index contributed by atoms with van der Waals surface area (Å²) in [6, 6.07) is 21.9. The normalized spacial score (nSPS) is 11.0. The number of rotatable bonds is 8. The highest BCUT2D eigenvalue weighted by Crippen LogP contribution is 2.17. The van der Waals surface area contributed by atoms with Gasteiger partial charge in [-0.2, -0.15) is 5.10 Å². The Labute approximate surface area is 159 Å². The van der Waals surface area contributed by atoms with E-state index >= 15 is 0 Å². The molecule has 0 unspecified atom stereocenters. The number of nitrogens with one attached hydrogen (secondary N) is 1. The van der Waals surface area contributed by atoms with Crippen molar-refractivity contribution >= 4 is 22.9 Å². The van der Waals surface area contributed by atoms with Crippen LogP contribution in [0.3, 0.4) is 0 Å². The summed E-state index contributed by atoms with van der Waals surface area (Å²) >= 11 is 0. The topological polar surface area (TPSA) is 50.7 Å². The second-order valence-electron chi connectivity index (χ2n) is 6.40. The molecule has 0 radical (unpaired) electrons. The smallest absolute Gasteiger partial charge is 0.277 e. The van der Waals surface area contributed by atoms with E-state index in [4.69, 9.17) is 4.74 Å². The zero-order chi connectivity index (χ0) is 18.9. The highest BCUT2D eigenvalue weighted by atomic mass is 16.5. The molecule has 1 amide bonds. The summed E-state index contributed by atoms with van der Waals surface area (Å²) in [4.78, 5) is 11.9. The van der Waals surface area contributed by atoms with Gasteiger partial charge < -0.3 is 4.74 Å². The van der Waals surface area contributed by atoms with E-state index in [0.29, 0.717) is 5.75 Å². The first-order valence-corrected chi connectivity index (χ1v) is 9.27. The molecule has 4 nitrogen and oxygen atoms in total. The third-order valence-electron chi connectivity index (χ3n) is 4.33. The summed E-state index contributed by atoms with van der Waals surface area (Å²) in [5.74, 6) is 0.393. The van der Waals surface area contributed by atoms with Crippen molar-refractivity contribution in [1.29, 1.82) is 0 Å². The van der Waals surface area contributed by atoms with Crippen LogP contribution >= 0.6 is 0 Å². The number of ether oxygens (including phenoxy) is 1. The van der Waals surface area contributed by atoms with Crippen LogP contribution in [0.15, 0.2) is 71.8 Å². The van der Waals surface area contributed by atoms with Gasteiger partial charge in [-0.05, 0) is 41.3 Å². The molecule has 0 aliphatic rings. The second-order valence-corrected chi connectivity index (χ2v) is 6.40. The van der Waals surface area contributed by atoms with Crippen molar-refractivity contribution in [3.63, 3.8) is 0 Å².